The van der Waals surface area contributed by atoms with Crippen molar-refractivity contribution in [2.75, 3.05) is 7.11 Å². The van der Waals surface area contributed by atoms with E-state index in [0.717, 1.165) is 16.9 Å². The maximum Gasteiger partial charge on any atom is 0.244 e. The second-order valence-electron chi connectivity index (χ2n) is 5.75. The molecule has 23 heavy (non-hydrogen) atoms. The minimum atomic E-state index is -0.102. The molecule has 0 bridgehead atoms. The van der Waals surface area contributed by atoms with E-state index in [1.165, 1.54) is 0 Å². The van der Waals surface area contributed by atoms with Crippen LogP contribution in [0.5, 0.6) is 5.75 Å². The Balaban J connectivity index is 2.06. The van der Waals surface area contributed by atoms with Crippen molar-refractivity contribution in [3.8, 4) is 5.75 Å². The van der Waals surface area contributed by atoms with Crippen LogP contribution in [0, 0.1) is 5.92 Å². The molecule has 2 aromatic rings. The van der Waals surface area contributed by atoms with Gasteiger partial charge in [0.25, 0.3) is 0 Å². The van der Waals surface area contributed by atoms with Crippen molar-refractivity contribution in [3.63, 3.8) is 0 Å². The monoisotopic (exact) mass is 309 g/mol. The van der Waals surface area contributed by atoms with E-state index in [1.54, 1.807) is 19.3 Å². The van der Waals surface area contributed by atoms with Gasteiger partial charge in [0.1, 0.15) is 5.75 Å². The molecular weight excluding hydrogens is 286 g/mol. The lowest BCUT2D eigenvalue weighted by atomic mass is 9.96. The van der Waals surface area contributed by atoms with Crippen LogP contribution in [0.15, 0.2) is 60.7 Å². The van der Waals surface area contributed by atoms with Crippen LogP contribution < -0.4 is 10.1 Å². The minimum absolute atomic E-state index is 0.00124. The van der Waals surface area contributed by atoms with Gasteiger partial charge in [0.15, 0.2) is 0 Å². The van der Waals surface area contributed by atoms with Gasteiger partial charge in [-0.3, -0.25) is 4.79 Å². The van der Waals surface area contributed by atoms with Crippen LogP contribution in [0.2, 0.25) is 0 Å². The summed E-state index contributed by atoms with van der Waals surface area (Å²) in [5, 5.41) is 3.07. The van der Waals surface area contributed by atoms with Crippen molar-refractivity contribution in [1.29, 1.82) is 0 Å². The molecule has 1 atom stereocenters. The lowest BCUT2D eigenvalue weighted by Gasteiger charge is -2.22. The van der Waals surface area contributed by atoms with Crippen molar-refractivity contribution in [2.24, 2.45) is 5.92 Å². The molecule has 3 heteroatoms. The molecule has 2 rings (SSSR count). The lowest BCUT2D eigenvalue weighted by molar-refractivity contribution is -0.117. The number of rotatable bonds is 6. The SMILES string of the molecule is COc1cccc(/C=C/C(=O)NC(c2ccccc2)C(C)C)c1. The van der Waals surface area contributed by atoms with Crippen molar-refractivity contribution >= 4 is 12.0 Å². The lowest BCUT2D eigenvalue weighted by Crippen LogP contribution is -2.30. The van der Waals surface area contributed by atoms with Gasteiger partial charge in [-0.2, -0.15) is 0 Å². The van der Waals surface area contributed by atoms with Crippen LogP contribution in [-0.2, 0) is 4.79 Å². The Hall–Kier alpha value is -2.55. The Bertz CT molecular complexity index is 662. The Morgan fingerprint density at radius 3 is 2.48 bits per heavy atom. The summed E-state index contributed by atoms with van der Waals surface area (Å²) in [6, 6.07) is 17.6. The predicted molar refractivity (Wildman–Crippen MR) is 94.2 cm³/mol. The third-order valence-electron chi connectivity index (χ3n) is 3.64. The van der Waals surface area contributed by atoms with Gasteiger partial charge >= 0.3 is 0 Å². The zero-order valence-electron chi connectivity index (χ0n) is 13.8. The summed E-state index contributed by atoms with van der Waals surface area (Å²) < 4.78 is 5.18. The zero-order chi connectivity index (χ0) is 16.7. The maximum absolute atomic E-state index is 12.2. The van der Waals surface area contributed by atoms with E-state index in [0.29, 0.717) is 5.92 Å². The van der Waals surface area contributed by atoms with E-state index in [2.05, 4.69) is 19.2 Å². The highest BCUT2D eigenvalue weighted by molar-refractivity contribution is 5.92. The molecule has 1 unspecified atom stereocenters. The third-order valence-corrected chi connectivity index (χ3v) is 3.64. The van der Waals surface area contributed by atoms with Crippen LogP contribution in [0.1, 0.15) is 31.0 Å². The Kier molecular flexibility index (Phi) is 5.98. The van der Waals surface area contributed by atoms with Crippen LogP contribution >= 0.6 is 0 Å². The highest BCUT2D eigenvalue weighted by atomic mass is 16.5. The molecule has 2 aromatic carbocycles. The van der Waals surface area contributed by atoms with Gasteiger partial charge in [0.05, 0.1) is 13.2 Å². The molecule has 0 spiro atoms. The normalized spacial score (nSPS) is 12.3. The Morgan fingerprint density at radius 2 is 1.83 bits per heavy atom. The quantitative estimate of drug-likeness (QED) is 0.811. The van der Waals surface area contributed by atoms with Crippen molar-refractivity contribution in [2.45, 2.75) is 19.9 Å². The van der Waals surface area contributed by atoms with E-state index in [1.807, 2.05) is 54.6 Å². The van der Waals surface area contributed by atoms with E-state index in [9.17, 15) is 4.79 Å². The Morgan fingerprint density at radius 1 is 1.09 bits per heavy atom. The maximum atomic E-state index is 12.2. The molecule has 0 aromatic heterocycles. The molecule has 0 aliphatic rings. The second-order valence-corrected chi connectivity index (χ2v) is 5.75. The molecule has 120 valence electrons. The first-order chi connectivity index (χ1) is 11.1. The first-order valence-electron chi connectivity index (χ1n) is 7.77. The van der Waals surface area contributed by atoms with Gasteiger partial charge in [-0.05, 0) is 35.3 Å². The average molecular weight is 309 g/mol. The summed E-state index contributed by atoms with van der Waals surface area (Å²) >= 11 is 0. The number of methoxy groups -OCH3 is 1. The zero-order valence-corrected chi connectivity index (χ0v) is 13.8. The number of hydrogen-bond donors (Lipinski definition) is 1. The summed E-state index contributed by atoms with van der Waals surface area (Å²) in [6.07, 6.45) is 3.35. The van der Waals surface area contributed by atoms with Crippen molar-refractivity contribution in [1.82, 2.24) is 5.32 Å². The van der Waals surface area contributed by atoms with E-state index >= 15 is 0 Å². The highest BCUT2D eigenvalue weighted by Gasteiger charge is 2.16. The molecule has 0 fully saturated rings. The predicted octanol–water partition coefficient (Wildman–Crippen LogP) is 4.22. The van der Waals surface area contributed by atoms with E-state index in [-0.39, 0.29) is 11.9 Å². The first-order valence-corrected chi connectivity index (χ1v) is 7.77. The summed E-state index contributed by atoms with van der Waals surface area (Å²) in [4.78, 5) is 12.2. The minimum Gasteiger partial charge on any atom is -0.497 e. The van der Waals surface area contributed by atoms with Gasteiger partial charge in [-0.25, -0.2) is 0 Å². The molecule has 1 amide bonds. The fraction of sp³-hybridized carbons (Fsp3) is 0.250. The average Bonchev–Trinajstić information content (AvgIpc) is 2.58. The van der Waals surface area contributed by atoms with Crippen molar-refractivity contribution < 1.29 is 9.53 Å². The second kappa shape index (κ2) is 8.18. The highest BCUT2D eigenvalue weighted by Crippen LogP contribution is 2.21. The number of carbonyl (C=O) groups is 1. The third kappa shape index (κ3) is 4.99. The summed E-state index contributed by atoms with van der Waals surface area (Å²) in [5.41, 5.74) is 2.05. The van der Waals surface area contributed by atoms with Crippen LogP contribution in [0.4, 0.5) is 0 Å². The summed E-state index contributed by atoms with van der Waals surface area (Å²) in [6.45, 7) is 4.20. The number of carbonyl (C=O) groups excluding carboxylic acids is 1. The molecule has 0 aliphatic heterocycles. The van der Waals surface area contributed by atoms with Gasteiger partial charge < -0.3 is 10.1 Å². The Labute approximate surface area is 138 Å². The van der Waals surface area contributed by atoms with Crippen LogP contribution in [0.25, 0.3) is 6.08 Å². The number of amides is 1. The molecule has 0 aliphatic carbocycles. The molecular formula is C20H23NO2. The molecule has 0 saturated heterocycles. The first kappa shape index (κ1) is 16.8. The van der Waals surface area contributed by atoms with Crippen molar-refractivity contribution in [3.05, 3.63) is 71.8 Å². The standard InChI is InChI=1S/C20H23NO2/c1-15(2)20(17-9-5-4-6-10-17)21-19(22)13-12-16-8-7-11-18(14-16)23-3/h4-15,20H,1-3H3,(H,21,22)/b13-12+. The summed E-state index contributed by atoms with van der Waals surface area (Å²) in [7, 11) is 1.63. The van der Waals surface area contributed by atoms with Gasteiger partial charge in [-0.15, -0.1) is 0 Å². The van der Waals surface area contributed by atoms with E-state index in [4.69, 9.17) is 4.74 Å². The van der Waals surface area contributed by atoms with E-state index < -0.39 is 0 Å². The molecule has 3 nitrogen and oxygen atoms in total. The van der Waals surface area contributed by atoms with Crippen LogP contribution in [-0.4, -0.2) is 13.0 Å². The largest absolute Gasteiger partial charge is 0.497 e. The molecule has 0 radical (unpaired) electrons. The number of ether oxygens (including phenoxy) is 1. The van der Waals surface area contributed by atoms with Gasteiger partial charge in [-0.1, -0.05) is 56.3 Å². The number of benzene rings is 2. The van der Waals surface area contributed by atoms with Gasteiger partial charge in [0, 0.05) is 6.08 Å². The fourth-order valence-corrected chi connectivity index (χ4v) is 2.41. The molecule has 0 heterocycles. The fourth-order valence-electron chi connectivity index (χ4n) is 2.41. The van der Waals surface area contributed by atoms with Gasteiger partial charge in [0.2, 0.25) is 5.91 Å². The number of nitrogens with one attached hydrogen (secondary N) is 1. The topological polar surface area (TPSA) is 38.3 Å². The molecule has 1 N–H and O–H groups in total. The summed E-state index contributed by atoms with van der Waals surface area (Å²) in [5.74, 6) is 0.985. The number of hydrogen-bond acceptors (Lipinski definition) is 2. The van der Waals surface area contributed by atoms with Crippen LogP contribution in [0.3, 0.4) is 0 Å². The molecule has 0 saturated carbocycles. The smallest absolute Gasteiger partial charge is 0.244 e.